The first kappa shape index (κ1) is 16.7. The van der Waals surface area contributed by atoms with Crippen LogP contribution in [0.4, 0.5) is 5.69 Å². The number of hydrogen-bond donors (Lipinski definition) is 2. The number of aromatic nitrogens is 1. The maximum Gasteiger partial charge on any atom is 0.261 e. The van der Waals surface area contributed by atoms with Crippen LogP contribution in [0, 0.1) is 0 Å². The number of amides is 1. The average molecular weight is 401 g/mol. The lowest BCUT2D eigenvalue weighted by Crippen LogP contribution is -2.34. The van der Waals surface area contributed by atoms with Gasteiger partial charge in [-0.3, -0.25) is 10.1 Å². The number of ether oxygens (including phenoxy) is 1. The van der Waals surface area contributed by atoms with E-state index in [-0.39, 0.29) is 11.0 Å². The van der Waals surface area contributed by atoms with Crippen molar-refractivity contribution >= 4 is 56.5 Å². The molecule has 0 atom stereocenters. The molecule has 2 aromatic rings. The van der Waals surface area contributed by atoms with E-state index in [2.05, 4.69) is 31.5 Å². The van der Waals surface area contributed by atoms with Gasteiger partial charge in [0.15, 0.2) is 5.11 Å². The highest BCUT2D eigenvalue weighted by atomic mass is 79.9. The molecular weight excluding hydrogens is 390 g/mol. The molecule has 0 radical (unpaired) electrons. The Morgan fingerprint density at radius 1 is 1.36 bits per heavy atom. The molecule has 0 aliphatic rings. The van der Waals surface area contributed by atoms with E-state index in [0.29, 0.717) is 22.2 Å². The molecule has 114 valence electrons. The van der Waals surface area contributed by atoms with Crippen LogP contribution >= 0.6 is 39.7 Å². The molecule has 0 saturated heterocycles. The zero-order chi connectivity index (χ0) is 16.1. The third kappa shape index (κ3) is 4.40. The quantitative estimate of drug-likeness (QED) is 0.608. The lowest BCUT2D eigenvalue weighted by atomic mass is 10.2. The van der Waals surface area contributed by atoms with Crippen LogP contribution in [0.5, 0.6) is 5.75 Å². The van der Waals surface area contributed by atoms with Gasteiger partial charge in [-0.05, 0) is 42.5 Å². The van der Waals surface area contributed by atoms with Gasteiger partial charge in [0.05, 0.1) is 24.6 Å². The third-order valence-electron chi connectivity index (χ3n) is 2.62. The fourth-order valence-electron chi connectivity index (χ4n) is 1.64. The summed E-state index contributed by atoms with van der Waals surface area (Å²) in [4.78, 5) is 16.2. The van der Waals surface area contributed by atoms with Gasteiger partial charge < -0.3 is 10.1 Å². The van der Waals surface area contributed by atoms with Crippen molar-refractivity contribution < 1.29 is 9.53 Å². The number of pyridine rings is 1. The average Bonchev–Trinajstić information content (AvgIpc) is 2.49. The number of nitrogens with one attached hydrogen (secondary N) is 2. The predicted molar refractivity (Wildman–Crippen MR) is 93.6 cm³/mol. The predicted octanol–water partition coefficient (Wildman–Crippen LogP) is 3.63. The number of carbonyl (C=O) groups is 1. The first-order chi connectivity index (χ1) is 10.5. The molecule has 2 N–H and O–H groups in total. The van der Waals surface area contributed by atoms with Crippen molar-refractivity contribution in [2.45, 2.75) is 0 Å². The van der Waals surface area contributed by atoms with E-state index in [0.717, 1.165) is 4.47 Å². The zero-order valence-corrected chi connectivity index (χ0v) is 14.6. The fraction of sp³-hybridized carbons (Fsp3) is 0.0714. The summed E-state index contributed by atoms with van der Waals surface area (Å²) in [5, 5.41) is 5.95. The van der Waals surface area contributed by atoms with Crippen LogP contribution in [0.15, 0.2) is 41.0 Å². The SMILES string of the molecule is COc1ccc(Br)cc1C(=O)NC(=S)Nc1ccc(Cl)nc1. The molecule has 0 saturated carbocycles. The minimum absolute atomic E-state index is 0.149. The lowest BCUT2D eigenvalue weighted by molar-refractivity contribution is 0.0974. The van der Waals surface area contributed by atoms with Gasteiger partial charge in [0.25, 0.3) is 5.91 Å². The van der Waals surface area contributed by atoms with Crippen molar-refractivity contribution in [3.8, 4) is 5.75 Å². The van der Waals surface area contributed by atoms with E-state index in [9.17, 15) is 4.79 Å². The van der Waals surface area contributed by atoms with Crippen LogP contribution < -0.4 is 15.4 Å². The summed E-state index contributed by atoms with van der Waals surface area (Å²) in [7, 11) is 1.50. The minimum atomic E-state index is -0.377. The number of halogens is 2. The van der Waals surface area contributed by atoms with Crippen molar-refractivity contribution in [1.82, 2.24) is 10.3 Å². The van der Waals surface area contributed by atoms with Crippen LogP contribution in [0.25, 0.3) is 0 Å². The molecule has 0 aliphatic heterocycles. The minimum Gasteiger partial charge on any atom is -0.496 e. The Labute approximate surface area is 146 Å². The van der Waals surface area contributed by atoms with Gasteiger partial charge in [0.2, 0.25) is 0 Å². The number of anilines is 1. The van der Waals surface area contributed by atoms with Gasteiger partial charge >= 0.3 is 0 Å². The Kier molecular flexibility index (Phi) is 5.70. The Bertz CT molecular complexity index is 710. The second kappa shape index (κ2) is 7.53. The van der Waals surface area contributed by atoms with Crippen molar-refractivity contribution in [3.63, 3.8) is 0 Å². The molecule has 5 nitrogen and oxygen atoms in total. The first-order valence-electron chi connectivity index (χ1n) is 6.07. The molecule has 0 fully saturated rings. The number of benzene rings is 1. The summed E-state index contributed by atoms with van der Waals surface area (Å²) in [6.45, 7) is 0. The lowest BCUT2D eigenvalue weighted by Gasteiger charge is -2.11. The Balaban J connectivity index is 2.06. The third-order valence-corrected chi connectivity index (χ3v) is 3.54. The van der Waals surface area contributed by atoms with E-state index < -0.39 is 0 Å². The number of carbonyl (C=O) groups excluding carboxylic acids is 1. The molecule has 0 bridgehead atoms. The van der Waals surface area contributed by atoms with Crippen molar-refractivity contribution in [2.75, 3.05) is 12.4 Å². The van der Waals surface area contributed by atoms with Gasteiger partial charge in [-0.2, -0.15) is 0 Å². The van der Waals surface area contributed by atoms with Crippen molar-refractivity contribution in [3.05, 3.63) is 51.7 Å². The molecule has 0 spiro atoms. The molecule has 8 heteroatoms. The summed E-state index contributed by atoms with van der Waals surface area (Å²) >= 11 is 14.1. The van der Waals surface area contributed by atoms with Crippen LogP contribution in [-0.4, -0.2) is 23.1 Å². The molecule has 22 heavy (non-hydrogen) atoms. The molecule has 1 aromatic heterocycles. The number of hydrogen-bond acceptors (Lipinski definition) is 4. The summed E-state index contributed by atoms with van der Waals surface area (Å²) in [5.41, 5.74) is 0.992. The van der Waals surface area contributed by atoms with E-state index >= 15 is 0 Å². The van der Waals surface area contributed by atoms with Gasteiger partial charge in [-0.1, -0.05) is 27.5 Å². The molecule has 1 amide bonds. The fourth-order valence-corrected chi connectivity index (χ4v) is 2.32. The van der Waals surface area contributed by atoms with E-state index in [1.165, 1.54) is 13.3 Å². The Hall–Kier alpha value is -1.70. The highest BCUT2D eigenvalue weighted by Crippen LogP contribution is 2.22. The van der Waals surface area contributed by atoms with Crippen molar-refractivity contribution in [2.24, 2.45) is 0 Å². The van der Waals surface area contributed by atoms with Crippen LogP contribution in [-0.2, 0) is 0 Å². The van der Waals surface area contributed by atoms with Gasteiger partial charge in [0.1, 0.15) is 10.9 Å². The van der Waals surface area contributed by atoms with Crippen molar-refractivity contribution in [1.29, 1.82) is 0 Å². The van der Waals surface area contributed by atoms with Crippen LogP contribution in [0.1, 0.15) is 10.4 Å². The standard InChI is InChI=1S/C14H11BrClN3O2S/c1-21-11-4-2-8(15)6-10(11)13(20)19-14(22)18-9-3-5-12(16)17-7-9/h2-7H,1H3,(H2,18,19,20,22). The van der Waals surface area contributed by atoms with Gasteiger partial charge in [-0.25, -0.2) is 4.98 Å². The molecular formula is C14H11BrClN3O2S. The van der Waals surface area contributed by atoms with Gasteiger partial charge in [0, 0.05) is 4.47 Å². The maximum atomic E-state index is 12.3. The maximum absolute atomic E-state index is 12.3. The summed E-state index contributed by atoms with van der Waals surface area (Å²) in [6, 6.07) is 8.45. The second-order valence-electron chi connectivity index (χ2n) is 4.12. The van der Waals surface area contributed by atoms with E-state index in [4.69, 9.17) is 28.6 Å². The topological polar surface area (TPSA) is 63.2 Å². The number of nitrogens with zero attached hydrogens (tertiary/aromatic N) is 1. The summed E-state index contributed by atoms with van der Waals surface area (Å²) in [6.07, 6.45) is 1.51. The van der Waals surface area contributed by atoms with E-state index in [1.807, 2.05) is 0 Å². The Morgan fingerprint density at radius 3 is 2.77 bits per heavy atom. The number of rotatable bonds is 3. The zero-order valence-electron chi connectivity index (χ0n) is 11.4. The number of methoxy groups -OCH3 is 1. The largest absolute Gasteiger partial charge is 0.496 e. The normalized spacial score (nSPS) is 9.95. The molecule has 1 heterocycles. The summed E-state index contributed by atoms with van der Waals surface area (Å²) in [5.74, 6) is 0.0780. The Morgan fingerprint density at radius 2 is 2.14 bits per heavy atom. The monoisotopic (exact) mass is 399 g/mol. The molecule has 2 rings (SSSR count). The first-order valence-corrected chi connectivity index (χ1v) is 7.65. The second-order valence-corrected chi connectivity index (χ2v) is 5.83. The van der Waals surface area contributed by atoms with Crippen LogP contribution in [0.2, 0.25) is 5.15 Å². The van der Waals surface area contributed by atoms with Gasteiger partial charge in [-0.15, -0.1) is 0 Å². The molecule has 0 unspecified atom stereocenters. The number of thiocarbonyl (C=S) groups is 1. The smallest absolute Gasteiger partial charge is 0.261 e. The highest BCUT2D eigenvalue weighted by molar-refractivity contribution is 9.10. The summed E-state index contributed by atoms with van der Waals surface area (Å²) < 4.78 is 5.93. The molecule has 1 aromatic carbocycles. The highest BCUT2D eigenvalue weighted by Gasteiger charge is 2.14. The van der Waals surface area contributed by atoms with Crippen LogP contribution in [0.3, 0.4) is 0 Å². The van der Waals surface area contributed by atoms with E-state index in [1.54, 1.807) is 30.3 Å². The molecule has 0 aliphatic carbocycles.